The Kier molecular flexibility index (Phi) is 5.87. The van der Waals surface area contributed by atoms with Crippen LogP contribution in [0.2, 0.25) is 5.02 Å². The van der Waals surface area contributed by atoms with Gasteiger partial charge in [-0.25, -0.2) is 18.4 Å². The molecule has 2 aromatic carbocycles. The van der Waals surface area contributed by atoms with Gasteiger partial charge in [-0.3, -0.25) is 10.2 Å². The molecular formula is C21H17ClF2N6O2. The summed E-state index contributed by atoms with van der Waals surface area (Å²) in [5.74, 6) is -0.793. The fourth-order valence-electron chi connectivity index (χ4n) is 3.16. The maximum absolute atomic E-state index is 14.9. The minimum atomic E-state index is -0.649. The van der Waals surface area contributed by atoms with Crippen LogP contribution >= 0.6 is 11.6 Å². The number of hydrogen-bond donors (Lipinski definition) is 2. The molecule has 0 radical (unpaired) electrons. The monoisotopic (exact) mass is 458 g/mol. The van der Waals surface area contributed by atoms with Crippen molar-refractivity contribution in [1.82, 2.24) is 19.8 Å². The molecule has 0 saturated heterocycles. The minimum absolute atomic E-state index is 0.0441. The van der Waals surface area contributed by atoms with Gasteiger partial charge in [-0.2, -0.15) is 4.98 Å². The number of rotatable bonds is 6. The maximum atomic E-state index is 14.9. The molecular weight excluding hydrogens is 442 g/mol. The number of carbonyl (C=O) groups excluding carboxylic acids is 1. The third-order valence-corrected chi connectivity index (χ3v) is 4.74. The first kappa shape index (κ1) is 21.4. The number of amides is 1. The average Bonchev–Trinajstić information content (AvgIpc) is 3.34. The van der Waals surface area contributed by atoms with Crippen LogP contribution in [0.15, 0.2) is 47.2 Å². The predicted octanol–water partition coefficient (Wildman–Crippen LogP) is 4.54. The molecule has 0 aliphatic heterocycles. The standard InChI is InChI=1S/C21H17ClF2N6O2/c1-11(31)28-30-6-5-25-21(30)26-10-14-4-3-13(7-17(14)23)16-8-15(22)9-18(24)19(16)20-27-12(2)32-29-20/h3-9H,10H2,1-2H3,(H,25,26)(H,28,31). The highest BCUT2D eigenvalue weighted by Crippen LogP contribution is 2.36. The minimum Gasteiger partial charge on any atom is -0.350 e. The Balaban J connectivity index is 1.63. The van der Waals surface area contributed by atoms with Crippen LogP contribution in [0.1, 0.15) is 18.4 Å². The largest absolute Gasteiger partial charge is 0.350 e. The number of halogens is 3. The van der Waals surface area contributed by atoms with Crippen LogP contribution in [-0.4, -0.2) is 25.7 Å². The summed E-state index contributed by atoms with van der Waals surface area (Å²) in [6.07, 6.45) is 3.05. The van der Waals surface area contributed by atoms with Crippen LogP contribution in [0.3, 0.4) is 0 Å². The van der Waals surface area contributed by atoms with E-state index in [1.807, 2.05) is 0 Å². The van der Waals surface area contributed by atoms with Crippen molar-refractivity contribution in [3.63, 3.8) is 0 Å². The number of nitrogens with one attached hydrogen (secondary N) is 2. The van der Waals surface area contributed by atoms with E-state index in [0.29, 0.717) is 22.6 Å². The summed E-state index contributed by atoms with van der Waals surface area (Å²) in [6, 6.07) is 7.13. The summed E-state index contributed by atoms with van der Waals surface area (Å²) < 4.78 is 36.0. The van der Waals surface area contributed by atoms with Gasteiger partial charge in [0.2, 0.25) is 23.6 Å². The van der Waals surface area contributed by atoms with E-state index in [-0.39, 0.29) is 34.8 Å². The van der Waals surface area contributed by atoms with Crippen LogP contribution in [-0.2, 0) is 11.3 Å². The average molecular weight is 459 g/mol. The van der Waals surface area contributed by atoms with E-state index in [1.54, 1.807) is 25.3 Å². The third-order valence-electron chi connectivity index (χ3n) is 4.53. The van der Waals surface area contributed by atoms with E-state index in [0.717, 1.165) is 6.07 Å². The number of aromatic nitrogens is 4. The molecule has 0 fully saturated rings. The van der Waals surface area contributed by atoms with Crippen molar-refractivity contribution in [2.45, 2.75) is 20.4 Å². The summed E-state index contributed by atoms with van der Waals surface area (Å²) in [7, 11) is 0. The Morgan fingerprint density at radius 1 is 1.22 bits per heavy atom. The SMILES string of the molecule is CC(=O)Nn1ccnc1NCc1ccc(-c2cc(Cl)cc(F)c2-c2noc(C)n2)cc1F. The van der Waals surface area contributed by atoms with Gasteiger partial charge in [0.15, 0.2) is 0 Å². The van der Waals surface area contributed by atoms with Crippen molar-refractivity contribution in [2.24, 2.45) is 0 Å². The second-order valence-corrected chi connectivity index (χ2v) is 7.33. The zero-order chi connectivity index (χ0) is 22.8. The molecule has 0 aliphatic rings. The lowest BCUT2D eigenvalue weighted by Crippen LogP contribution is -2.21. The molecule has 4 rings (SSSR count). The quantitative estimate of drug-likeness (QED) is 0.440. The molecule has 1 amide bonds. The Morgan fingerprint density at radius 3 is 2.72 bits per heavy atom. The Hall–Kier alpha value is -3.79. The lowest BCUT2D eigenvalue weighted by Gasteiger charge is -2.12. The highest BCUT2D eigenvalue weighted by molar-refractivity contribution is 6.31. The summed E-state index contributed by atoms with van der Waals surface area (Å²) in [6.45, 7) is 3.05. The van der Waals surface area contributed by atoms with Crippen LogP contribution in [0.4, 0.5) is 14.7 Å². The topological polar surface area (TPSA) is 97.9 Å². The van der Waals surface area contributed by atoms with Gasteiger partial charge in [0, 0.05) is 43.4 Å². The maximum Gasteiger partial charge on any atom is 0.235 e. The van der Waals surface area contributed by atoms with Crippen LogP contribution in [0, 0.1) is 18.6 Å². The van der Waals surface area contributed by atoms with Crippen LogP contribution in [0.5, 0.6) is 0 Å². The first-order valence-corrected chi connectivity index (χ1v) is 9.83. The molecule has 0 aliphatic carbocycles. The van der Waals surface area contributed by atoms with Gasteiger partial charge in [-0.15, -0.1) is 0 Å². The number of carbonyl (C=O) groups is 1. The zero-order valence-electron chi connectivity index (χ0n) is 17.0. The summed E-state index contributed by atoms with van der Waals surface area (Å²) in [5, 5.41) is 6.88. The van der Waals surface area contributed by atoms with Crippen molar-refractivity contribution in [3.05, 3.63) is 70.8 Å². The number of hydrogen-bond acceptors (Lipinski definition) is 6. The van der Waals surface area contributed by atoms with Gasteiger partial charge in [0.05, 0.1) is 5.56 Å². The summed E-state index contributed by atoms with van der Waals surface area (Å²) in [4.78, 5) is 19.4. The van der Waals surface area contributed by atoms with Crippen molar-refractivity contribution in [1.29, 1.82) is 0 Å². The van der Waals surface area contributed by atoms with Gasteiger partial charge >= 0.3 is 0 Å². The molecule has 0 unspecified atom stereocenters. The summed E-state index contributed by atoms with van der Waals surface area (Å²) >= 11 is 6.05. The number of benzene rings is 2. The number of nitrogens with zero attached hydrogens (tertiary/aromatic N) is 4. The number of aryl methyl sites for hydroxylation is 1. The lowest BCUT2D eigenvalue weighted by molar-refractivity contribution is -0.115. The van der Waals surface area contributed by atoms with Crippen LogP contribution in [0.25, 0.3) is 22.5 Å². The molecule has 2 heterocycles. The number of anilines is 1. The first-order chi connectivity index (χ1) is 15.3. The van der Waals surface area contributed by atoms with Crippen molar-refractivity contribution in [2.75, 3.05) is 10.7 Å². The van der Waals surface area contributed by atoms with Crippen molar-refractivity contribution in [3.8, 4) is 22.5 Å². The second kappa shape index (κ2) is 8.75. The molecule has 4 aromatic rings. The van der Waals surface area contributed by atoms with Crippen molar-refractivity contribution >= 4 is 23.5 Å². The van der Waals surface area contributed by atoms with E-state index in [1.165, 1.54) is 29.9 Å². The van der Waals surface area contributed by atoms with Crippen molar-refractivity contribution < 1.29 is 18.1 Å². The van der Waals surface area contributed by atoms with Crippen LogP contribution < -0.4 is 10.7 Å². The molecule has 0 bridgehead atoms. The Bertz CT molecular complexity index is 1300. The van der Waals surface area contributed by atoms with E-state index in [4.69, 9.17) is 16.1 Å². The van der Waals surface area contributed by atoms with Gasteiger partial charge in [0.1, 0.15) is 11.6 Å². The smallest absolute Gasteiger partial charge is 0.235 e. The highest BCUT2D eigenvalue weighted by atomic mass is 35.5. The molecule has 2 N–H and O–H groups in total. The molecule has 8 nitrogen and oxygen atoms in total. The van der Waals surface area contributed by atoms with E-state index >= 15 is 0 Å². The lowest BCUT2D eigenvalue weighted by atomic mass is 9.97. The molecule has 0 spiro atoms. The Labute approximate surface area is 186 Å². The first-order valence-electron chi connectivity index (χ1n) is 9.45. The van der Waals surface area contributed by atoms with Gasteiger partial charge < -0.3 is 9.84 Å². The normalized spacial score (nSPS) is 10.9. The Morgan fingerprint density at radius 2 is 2.03 bits per heavy atom. The van der Waals surface area contributed by atoms with Gasteiger partial charge in [-0.05, 0) is 29.3 Å². The number of imidazole rings is 1. The zero-order valence-corrected chi connectivity index (χ0v) is 17.7. The van der Waals surface area contributed by atoms with Gasteiger partial charge in [-0.1, -0.05) is 28.9 Å². The fourth-order valence-corrected chi connectivity index (χ4v) is 3.36. The molecule has 32 heavy (non-hydrogen) atoms. The predicted molar refractivity (Wildman–Crippen MR) is 114 cm³/mol. The van der Waals surface area contributed by atoms with E-state index < -0.39 is 11.6 Å². The van der Waals surface area contributed by atoms with Gasteiger partial charge in [0.25, 0.3) is 0 Å². The molecule has 11 heteroatoms. The molecule has 2 aromatic heterocycles. The van der Waals surface area contributed by atoms with E-state index in [9.17, 15) is 13.6 Å². The second-order valence-electron chi connectivity index (χ2n) is 6.90. The molecule has 164 valence electrons. The third kappa shape index (κ3) is 4.45. The molecule has 0 saturated carbocycles. The summed E-state index contributed by atoms with van der Waals surface area (Å²) in [5.41, 5.74) is 3.69. The molecule has 0 atom stereocenters. The fraction of sp³-hybridized carbons (Fsp3) is 0.143. The van der Waals surface area contributed by atoms with E-state index in [2.05, 4.69) is 25.9 Å². The highest BCUT2D eigenvalue weighted by Gasteiger charge is 2.20.